The molecule has 6 N–H and O–H groups in total. The summed E-state index contributed by atoms with van der Waals surface area (Å²) in [6.45, 7) is -0.317. The van der Waals surface area contributed by atoms with Crippen LogP contribution in [0.15, 0.2) is 24.3 Å². The summed E-state index contributed by atoms with van der Waals surface area (Å²) >= 11 is 0. The molecule has 1 aromatic rings. The van der Waals surface area contributed by atoms with Gasteiger partial charge in [0.25, 0.3) is 0 Å². The van der Waals surface area contributed by atoms with Crippen LogP contribution in [0, 0.1) is 0 Å². The number of aliphatic hydroxyl groups is 3. The maximum Gasteiger partial charge on any atom is 0.318 e. The van der Waals surface area contributed by atoms with Crippen LogP contribution in [0.4, 0.5) is 19.3 Å². The number of benzene rings is 1. The van der Waals surface area contributed by atoms with Crippen LogP contribution in [0.25, 0.3) is 0 Å². The normalized spacial score (nSPS) is 28.6. The van der Waals surface area contributed by atoms with Crippen LogP contribution in [0.2, 0.25) is 0 Å². The minimum atomic E-state index is -3.72. The van der Waals surface area contributed by atoms with Gasteiger partial charge in [0, 0.05) is 24.7 Å². The maximum atomic E-state index is 14.9. The predicted octanol–water partition coefficient (Wildman–Crippen LogP) is 0.259. The van der Waals surface area contributed by atoms with Crippen molar-refractivity contribution in [2.45, 2.75) is 42.9 Å². The van der Waals surface area contributed by atoms with E-state index in [0.29, 0.717) is 0 Å². The molecule has 152 valence electrons. The van der Waals surface area contributed by atoms with Crippen molar-refractivity contribution in [2.24, 2.45) is 0 Å². The van der Waals surface area contributed by atoms with E-state index >= 15 is 0 Å². The van der Waals surface area contributed by atoms with E-state index in [1.165, 1.54) is 19.2 Å². The number of hydrogen-bond donors (Lipinski definition) is 6. The van der Waals surface area contributed by atoms with Gasteiger partial charge in [-0.1, -0.05) is 12.1 Å². The first-order valence-corrected chi connectivity index (χ1v) is 8.15. The fourth-order valence-corrected chi connectivity index (χ4v) is 2.79. The average molecular weight is 392 g/mol. The molecule has 1 heterocycles. The number of ether oxygens (including phenoxy) is 1. The molecule has 1 aromatic carbocycles. The summed E-state index contributed by atoms with van der Waals surface area (Å²) in [5, 5.41) is 42.9. The minimum Gasteiger partial charge on any atom is -0.388 e. The second-order valence-electron chi connectivity index (χ2n) is 6.09. The van der Waals surface area contributed by atoms with Crippen molar-refractivity contribution in [3.8, 4) is 0 Å². The van der Waals surface area contributed by atoms with Gasteiger partial charge in [-0.15, -0.1) is 0 Å². The Morgan fingerprint density at radius 2 is 1.81 bits per heavy atom. The van der Waals surface area contributed by atoms with Crippen molar-refractivity contribution in [2.75, 3.05) is 19.0 Å². The van der Waals surface area contributed by atoms with Gasteiger partial charge < -0.3 is 30.7 Å². The van der Waals surface area contributed by atoms with Gasteiger partial charge in [-0.3, -0.25) is 5.26 Å². The quantitative estimate of drug-likeness (QED) is 0.301. The molecular formula is C16H22F2N2O7. The summed E-state index contributed by atoms with van der Waals surface area (Å²) in [7, 11) is 1.40. The molecule has 0 saturated carbocycles. The maximum absolute atomic E-state index is 14.9. The molecule has 1 saturated heterocycles. The second-order valence-corrected chi connectivity index (χ2v) is 6.09. The summed E-state index contributed by atoms with van der Waals surface area (Å²) in [4.78, 5) is 15.1. The van der Waals surface area contributed by atoms with Gasteiger partial charge in [0.05, 0.1) is 12.7 Å². The highest BCUT2D eigenvalue weighted by Crippen LogP contribution is 2.40. The van der Waals surface area contributed by atoms with Crippen molar-refractivity contribution >= 4 is 11.7 Å². The molecule has 0 aliphatic carbocycles. The van der Waals surface area contributed by atoms with Gasteiger partial charge in [0.1, 0.15) is 18.3 Å². The summed E-state index contributed by atoms with van der Waals surface area (Å²) in [5.41, 5.74) is -0.248. The number of halogens is 2. The number of urea groups is 1. The highest BCUT2D eigenvalue weighted by molar-refractivity contribution is 5.88. The first kappa shape index (κ1) is 21.4. The SMILES string of the molecule is CNC(=O)Nc1ccc(C(F)(F)C2O[C@H](CCOO)[C@@H](O)[C@H](O)[C@@H]2O)cc1. The number of amides is 2. The van der Waals surface area contributed by atoms with E-state index in [1.54, 1.807) is 0 Å². The van der Waals surface area contributed by atoms with Crippen LogP contribution >= 0.6 is 0 Å². The van der Waals surface area contributed by atoms with Gasteiger partial charge in [-0.25, -0.2) is 9.68 Å². The third-order valence-electron chi connectivity index (χ3n) is 4.32. The van der Waals surface area contributed by atoms with E-state index in [2.05, 4.69) is 15.5 Å². The molecule has 0 spiro atoms. The van der Waals surface area contributed by atoms with E-state index in [9.17, 15) is 28.9 Å². The number of rotatable bonds is 6. The van der Waals surface area contributed by atoms with Crippen LogP contribution in [0.3, 0.4) is 0 Å². The molecule has 0 aromatic heterocycles. The Labute approximate surface area is 153 Å². The molecule has 1 aliphatic heterocycles. The summed E-state index contributed by atoms with van der Waals surface area (Å²) < 4.78 is 34.9. The van der Waals surface area contributed by atoms with Crippen molar-refractivity contribution in [3.05, 3.63) is 29.8 Å². The first-order valence-electron chi connectivity index (χ1n) is 8.15. The molecule has 0 radical (unpaired) electrons. The molecule has 1 unspecified atom stereocenters. The predicted molar refractivity (Wildman–Crippen MR) is 88.3 cm³/mol. The number of hydrogen-bond acceptors (Lipinski definition) is 7. The van der Waals surface area contributed by atoms with Crippen molar-refractivity contribution in [1.82, 2.24) is 5.32 Å². The largest absolute Gasteiger partial charge is 0.388 e. The number of aliphatic hydroxyl groups excluding tert-OH is 3. The lowest BCUT2D eigenvalue weighted by molar-refractivity contribution is -0.292. The van der Waals surface area contributed by atoms with Crippen LogP contribution in [0.1, 0.15) is 12.0 Å². The molecule has 2 rings (SSSR count). The number of nitrogens with one attached hydrogen (secondary N) is 2. The zero-order valence-corrected chi connectivity index (χ0v) is 14.4. The molecule has 1 fully saturated rings. The second kappa shape index (κ2) is 8.87. The van der Waals surface area contributed by atoms with Gasteiger partial charge in [-0.2, -0.15) is 8.78 Å². The number of anilines is 1. The third kappa shape index (κ3) is 4.69. The number of carbonyl (C=O) groups is 1. The molecule has 1 aliphatic rings. The Hall–Kier alpha value is -1.89. The highest BCUT2D eigenvalue weighted by atomic mass is 19.3. The van der Waals surface area contributed by atoms with E-state index in [-0.39, 0.29) is 18.7 Å². The fourth-order valence-electron chi connectivity index (χ4n) is 2.79. The zero-order valence-electron chi connectivity index (χ0n) is 14.4. The third-order valence-corrected chi connectivity index (χ3v) is 4.32. The lowest BCUT2D eigenvalue weighted by Crippen LogP contribution is -2.61. The van der Waals surface area contributed by atoms with Gasteiger partial charge >= 0.3 is 12.0 Å². The highest BCUT2D eigenvalue weighted by Gasteiger charge is 2.55. The van der Waals surface area contributed by atoms with E-state index in [1.807, 2.05) is 0 Å². The van der Waals surface area contributed by atoms with Gasteiger partial charge in [0.2, 0.25) is 0 Å². The molecule has 2 amide bonds. The standard InChI is InChI=1S/C16H22F2N2O7/c1-19-15(24)20-9-4-2-8(3-5-9)16(17,18)14-13(23)12(22)11(21)10(27-14)6-7-26-25/h2-5,10-14,21-23,25H,6-7H2,1H3,(H2,19,20,24)/t10-,11-,12+,13+,14?/m1/s1. The van der Waals surface area contributed by atoms with Crippen molar-refractivity contribution in [1.29, 1.82) is 0 Å². The van der Waals surface area contributed by atoms with Gasteiger partial charge in [-0.05, 0) is 12.1 Å². The molecule has 5 atom stereocenters. The Morgan fingerprint density at radius 3 is 2.37 bits per heavy atom. The van der Waals surface area contributed by atoms with E-state index in [0.717, 1.165) is 12.1 Å². The van der Waals surface area contributed by atoms with Crippen LogP contribution in [0.5, 0.6) is 0 Å². The lowest BCUT2D eigenvalue weighted by atomic mass is 9.88. The first-order chi connectivity index (χ1) is 12.7. The molecule has 11 heteroatoms. The van der Waals surface area contributed by atoms with Crippen molar-refractivity contribution in [3.63, 3.8) is 0 Å². The molecule has 0 bridgehead atoms. The molecule has 27 heavy (non-hydrogen) atoms. The monoisotopic (exact) mass is 392 g/mol. The number of carbonyl (C=O) groups excluding carboxylic acids is 1. The van der Waals surface area contributed by atoms with E-state index < -0.39 is 48.0 Å². The van der Waals surface area contributed by atoms with Crippen molar-refractivity contribution < 1.29 is 43.8 Å². The van der Waals surface area contributed by atoms with E-state index in [4.69, 9.17) is 9.99 Å². The Morgan fingerprint density at radius 1 is 1.19 bits per heavy atom. The fraction of sp³-hybridized carbons (Fsp3) is 0.562. The Bertz CT molecular complexity index is 632. The molecule has 9 nitrogen and oxygen atoms in total. The zero-order chi connectivity index (χ0) is 20.2. The summed E-state index contributed by atoms with van der Waals surface area (Å²) in [5.74, 6) is -3.72. The Balaban J connectivity index is 2.21. The smallest absolute Gasteiger partial charge is 0.318 e. The lowest BCUT2D eigenvalue weighted by Gasteiger charge is -2.43. The topological polar surface area (TPSA) is 141 Å². The van der Waals surface area contributed by atoms with Gasteiger partial charge in [0.15, 0.2) is 6.10 Å². The molecular weight excluding hydrogens is 370 g/mol. The van der Waals surface area contributed by atoms with Crippen LogP contribution in [-0.2, 0) is 15.5 Å². The number of alkyl halides is 2. The van der Waals surface area contributed by atoms with Crippen LogP contribution in [-0.4, -0.2) is 70.8 Å². The van der Waals surface area contributed by atoms with Crippen LogP contribution < -0.4 is 10.6 Å². The minimum absolute atomic E-state index is 0.178. The average Bonchev–Trinajstić information content (AvgIpc) is 2.65. The summed E-state index contributed by atoms with van der Waals surface area (Å²) in [6, 6.07) is 4.06. The Kier molecular flexibility index (Phi) is 7.03. The summed E-state index contributed by atoms with van der Waals surface area (Å²) in [6.07, 6.45) is -9.14.